The number of piperidine rings is 1. The van der Waals surface area contributed by atoms with E-state index in [1.165, 1.54) is 0 Å². The van der Waals surface area contributed by atoms with E-state index >= 15 is 0 Å². The van der Waals surface area contributed by atoms with Crippen LogP contribution in [0, 0.1) is 0 Å². The Morgan fingerprint density at radius 3 is 2.80 bits per heavy atom. The van der Waals surface area contributed by atoms with Crippen LogP contribution in [0.2, 0.25) is 0 Å². The second kappa shape index (κ2) is 4.67. The normalized spacial score (nSPS) is 16.9. The number of imidazole rings is 1. The lowest BCUT2D eigenvalue weighted by molar-refractivity contribution is 0.457. The fraction of sp³-hybridized carbons (Fsp3) is 0.333. The van der Waals surface area contributed by atoms with E-state index in [0.29, 0.717) is 5.92 Å². The molecule has 20 heavy (non-hydrogen) atoms. The van der Waals surface area contributed by atoms with E-state index in [0.717, 1.165) is 48.9 Å². The van der Waals surface area contributed by atoms with Crippen LogP contribution in [0.15, 0.2) is 41.1 Å². The van der Waals surface area contributed by atoms with E-state index in [1.54, 1.807) is 0 Å². The summed E-state index contributed by atoms with van der Waals surface area (Å²) < 4.78 is 5.82. The molecular weight excluding hydrogens is 252 g/mol. The molecule has 1 saturated heterocycles. The van der Waals surface area contributed by atoms with Gasteiger partial charge in [-0.05, 0) is 25.0 Å². The van der Waals surface area contributed by atoms with Gasteiger partial charge < -0.3 is 14.3 Å². The molecule has 1 fully saturated rings. The first kappa shape index (κ1) is 11.5. The number of H-pyrrole nitrogens is 1. The Balaban J connectivity index is 1.51. The topological polar surface area (TPSA) is 58.0 Å². The highest BCUT2D eigenvalue weighted by Gasteiger charge is 2.24. The van der Waals surface area contributed by atoms with Gasteiger partial charge in [0.15, 0.2) is 5.58 Å². The van der Waals surface area contributed by atoms with Crippen LogP contribution >= 0.6 is 0 Å². The molecule has 0 saturated carbocycles. The molecule has 0 atom stereocenters. The summed E-state index contributed by atoms with van der Waals surface area (Å²) >= 11 is 0. The Kier molecular flexibility index (Phi) is 2.69. The van der Waals surface area contributed by atoms with Crippen molar-refractivity contribution in [3.63, 3.8) is 0 Å². The first-order valence-electron chi connectivity index (χ1n) is 7.00. The highest BCUT2D eigenvalue weighted by molar-refractivity contribution is 5.74. The summed E-state index contributed by atoms with van der Waals surface area (Å²) in [5.41, 5.74) is 1.78. The zero-order valence-corrected chi connectivity index (χ0v) is 11.1. The van der Waals surface area contributed by atoms with Gasteiger partial charge in [0, 0.05) is 31.4 Å². The zero-order valence-electron chi connectivity index (χ0n) is 11.1. The predicted molar refractivity (Wildman–Crippen MR) is 76.8 cm³/mol. The SMILES string of the molecule is c1ccc2oc(N3CCC(c4ncc[nH]4)CC3)nc2c1. The minimum absolute atomic E-state index is 0.519. The third-order valence-electron chi connectivity index (χ3n) is 3.95. The molecule has 3 heterocycles. The number of rotatable bonds is 2. The molecule has 0 aliphatic carbocycles. The van der Waals surface area contributed by atoms with E-state index < -0.39 is 0 Å². The van der Waals surface area contributed by atoms with Gasteiger partial charge in [0.2, 0.25) is 0 Å². The monoisotopic (exact) mass is 268 g/mol. The summed E-state index contributed by atoms with van der Waals surface area (Å²) in [6.07, 6.45) is 5.86. The number of hydrogen-bond donors (Lipinski definition) is 1. The molecule has 2 aromatic heterocycles. The summed E-state index contributed by atoms with van der Waals surface area (Å²) in [5.74, 6) is 1.62. The summed E-state index contributed by atoms with van der Waals surface area (Å²) in [4.78, 5) is 14.4. The van der Waals surface area contributed by atoms with Crippen molar-refractivity contribution in [1.29, 1.82) is 0 Å². The number of hydrogen-bond acceptors (Lipinski definition) is 4. The Hall–Kier alpha value is -2.30. The highest BCUT2D eigenvalue weighted by atomic mass is 16.4. The number of nitrogens with one attached hydrogen (secondary N) is 1. The number of aromatic nitrogens is 3. The van der Waals surface area contributed by atoms with Gasteiger partial charge in [0.05, 0.1) is 0 Å². The lowest BCUT2D eigenvalue weighted by Gasteiger charge is -2.29. The molecule has 0 spiro atoms. The molecule has 0 amide bonds. The molecule has 102 valence electrons. The minimum atomic E-state index is 0.519. The van der Waals surface area contributed by atoms with Crippen molar-refractivity contribution in [2.75, 3.05) is 18.0 Å². The largest absolute Gasteiger partial charge is 0.423 e. The molecule has 1 aliphatic heterocycles. The Labute approximate surface area is 116 Å². The fourth-order valence-electron chi connectivity index (χ4n) is 2.84. The van der Waals surface area contributed by atoms with Crippen molar-refractivity contribution in [3.05, 3.63) is 42.5 Å². The summed E-state index contributed by atoms with van der Waals surface area (Å²) in [6, 6.07) is 8.64. The van der Waals surface area contributed by atoms with Gasteiger partial charge in [-0.3, -0.25) is 0 Å². The Morgan fingerprint density at radius 1 is 1.20 bits per heavy atom. The zero-order chi connectivity index (χ0) is 13.4. The number of nitrogens with zero attached hydrogens (tertiary/aromatic N) is 3. The Morgan fingerprint density at radius 2 is 2.05 bits per heavy atom. The average molecular weight is 268 g/mol. The van der Waals surface area contributed by atoms with Crippen LogP contribution in [0.25, 0.3) is 11.1 Å². The van der Waals surface area contributed by atoms with Gasteiger partial charge in [0.1, 0.15) is 11.3 Å². The Bertz CT molecular complexity index is 663. The molecule has 4 rings (SSSR count). The van der Waals surface area contributed by atoms with Crippen molar-refractivity contribution in [1.82, 2.24) is 15.0 Å². The second-order valence-electron chi connectivity index (χ2n) is 5.20. The van der Waals surface area contributed by atoms with Crippen LogP contribution in [-0.4, -0.2) is 28.0 Å². The first-order valence-corrected chi connectivity index (χ1v) is 7.00. The smallest absolute Gasteiger partial charge is 0.298 e. The quantitative estimate of drug-likeness (QED) is 0.776. The molecule has 1 aliphatic rings. The highest BCUT2D eigenvalue weighted by Crippen LogP contribution is 2.29. The van der Waals surface area contributed by atoms with Crippen LogP contribution in [-0.2, 0) is 0 Å². The molecule has 3 aromatic rings. The fourth-order valence-corrected chi connectivity index (χ4v) is 2.84. The number of anilines is 1. The average Bonchev–Trinajstić information content (AvgIpc) is 3.17. The van der Waals surface area contributed by atoms with Gasteiger partial charge in [-0.2, -0.15) is 4.98 Å². The molecular formula is C15H16N4O. The van der Waals surface area contributed by atoms with Crippen LogP contribution in [0.3, 0.4) is 0 Å². The van der Waals surface area contributed by atoms with Crippen LogP contribution in [0.5, 0.6) is 0 Å². The molecule has 1 N–H and O–H groups in total. The van der Waals surface area contributed by atoms with Crippen LogP contribution in [0.1, 0.15) is 24.6 Å². The molecule has 5 heteroatoms. The first-order chi connectivity index (χ1) is 9.90. The van der Waals surface area contributed by atoms with Gasteiger partial charge in [-0.1, -0.05) is 12.1 Å². The van der Waals surface area contributed by atoms with Crippen molar-refractivity contribution in [3.8, 4) is 0 Å². The van der Waals surface area contributed by atoms with Crippen LogP contribution < -0.4 is 4.90 Å². The second-order valence-corrected chi connectivity index (χ2v) is 5.20. The van der Waals surface area contributed by atoms with E-state index in [2.05, 4.69) is 19.9 Å². The third-order valence-corrected chi connectivity index (χ3v) is 3.95. The standard InChI is InChI=1S/C15H16N4O/c1-2-4-13-12(3-1)18-15(20-13)19-9-5-11(6-10-19)14-16-7-8-17-14/h1-4,7-8,11H,5-6,9-10H2,(H,16,17). The van der Waals surface area contributed by atoms with E-state index in [1.807, 2.05) is 36.7 Å². The van der Waals surface area contributed by atoms with Gasteiger partial charge in [-0.15, -0.1) is 0 Å². The molecule has 0 bridgehead atoms. The van der Waals surface area contributed by atoms with Crippen molar-refractivity contribution in [2.45, 2.75) is 18.8 Å². The maximum absolute atomic E-state index is 5.82. The van der Waals surface area contributed by atoms with E-state index in [4.69, 9.17) is 4.42 Å². The van der Waals surface area contributed by atoms with Gasteiger partial charge >= 0.3 is 0 Å². The third kappa shape index (κ3) is 1.95. The number of aromatic amines is 1. The maximum atomic E-state index is 5.82. The molecule has 0 radical (unpaired) electrons. The van der Waals surface area contributed by atoms with E-state index in [9.17, 15) is 0 Å². The molecule has 1 aromatic carbocycles. The maximum Gasteiger partial charge on any atom is 0.298 e. The summed E-state index contributed by atoms with van der Waals surface area (Å²) in [6.45, 7) is 1.91. The molecule has 5 nitrogen and oxygen atoms in total. The summed E-state index contributed by atoms with van der Waals surface area (Å²) in [7, 11) is 0. The number of fused-ring (bicyclic) bond motifs is 1. The number of para-hydroxylation sites is 2. The van der Waals surface area contributed by atoms with Crippen molar-refractivity contribution < 1.29 is 4.42 Å². The predicted octanol–water partition coefficient (Wildman–Crippen LogP) is 2.93. The minimum Gasteiger partial charge on any atom is -0.423 e. The van der Waals surface area contributed by atoms with Crippen LogP contribution in [0.4, 0.5) is 6.01 Å². The van der Waals surface area contributed by atoms with Crippen molar-refractivity contribution in [2.24, 2.45) is 0 Å². The lowest BCUT2D eigenvalue weighted by Crippen LogP contribution is -2.33. The van der Waals surface area contributed by atoms with Gasteiger partial charge in [-0.25, -0.2) is 4.98 Å². The van der Waals surface area contributed by atoms with Crippen molar-refractivity contribution >= 4 is 17.1 Å². The number of benzene rings is 1. The number of oxazole rings is 1. The summed E-state index contributed by atoms with van der Waals surface area (Å²) in [5, 5.41) is 0. The molecule has 0 unspecified atom stereocenters. The lowest BCUT2D eigenvalue weighted by atomic mass is 9.96. The van der Waals surface area contributed by atoms with Gasteiger partial charge in [0.25, 0.3) is 6.01 Å². The van der Waals surface area contributed by atoms with E-state index in [-0.39, 0.29) is 0 Å².